The van der Waals surface area contributed by atoms with Gasteiger partial charge in [-0.1, -0.05) is 6.07 Å². The number of hydrogen-bond acceptors (Lipinski definition) is 6. The molecule has 6 nitrogen and oxygen atoms in total. The summed E-state index contributed by atoms with van der Waals surface area (Å²) in [5.41, 5.74) is 0.832. The van der Waals surface area contributed by atoms with Crippen LogP contribution in [0.15, 0.2) is 34.3 Å². The molecule has 30 heavy (non-hydrogen) atoms. The molecule has 2 aromatic rings. The topological polar surface area (TPSA) is 78.9 Å². The summed E-state index contributed by atoms with van der Waals surface area (Å²) >= 11 is 3.37. The molecule has 2 aliphatic heterocycles. The standard InChI is InChI=1S/C17H20N2O2S2.C2HF3O2/c20-16(13-3-5-22-9-13)18-10-17-11-19(6-14(17)8-21-12-17)7-15-2-1-4-23-15;3-2(4,5)1(6)7/h1-5,9,14H,6-8,10-12H2,(H,18,20);(H,6,7)/t14-,17+;/m1./s1. The number of amides is 1. The van der Waals surface area contributed by atoms with Gasteiger partial charge in [-0.15, -0.1) is 11.3 Å². The van der Waals surface area contributed by atoms with Crippen molar-refractivity contribution in [1.29, 1.82) is 0 Å². The molecule has 0 unspecified atom stereocenters. The first kappa shape index (κ1) is 22.7. The molecule has 0 radical (unpaired) electrons. The van der Waals surface area contributed by atoms with Crippen molar-refractivity contribution in [1.82, 2.24) is 10.2 Å². The van der Waals surface area contributed by atoms with Crippen LogP contribution >= 0.6 is 22.7 Å². The number of carboxylic acids is 1. The molecule has 2 aromatic heterocycles. The van der Waals surface area contributed by atoms with E-state index in [1.807, 2.05) is 28.2 Å². The second kappa shape index (κ2) is 9.46. The fraction of sp³-hybridized carbons (Fsp3) is 0.474. The normalized spacial score (nSPS) is 23.5. The number of rotatable bonds is 5. The lowest BCUT2D eigenvalue weighted by molar-refractivity contribution is -0.192. The molecule has 2 aliphatic rings. The Morgan fingerprint density at radius 2 is 2.10 bits per heavy atom. The summed E-state index contributed by atoms with van der Waals surface area (Å²) in [5, 5.41) is 16.2. The molecule has 2 fully saturated rings. The van der Waals surface area contributed by atoms with Crippen molar-refractivity contribution >= 4 is 34.6 Å². The molecule has 2 N–H and O–H groups in total. The Hall–Kier alpha value is -1.95. The van der Waals surface area contributed by atoms with E-state index in [0.717, 1.165) is 38.4 Å². The number of carbonyl (C=O) groups is 2. The second-order valence-corrected chi connectivity index (χ2v) is 9.13. The summed E-state index contributed by atoms with van der Waals surface area (Å²) in [6, 6.07) is 6.18. The lowest BCUT2D eigenvalue weighted by Gasteiger charge is -2.27. The van der Waals surface area contributed by atoms with Crippen LogP contribution < -0.4 is 5.32 Å². The number of alkyl halides is 3. The van der Waals surface area contributed by atoms with Crippen LogP contribution in [-0.2, 0) is 16.1 Å². The lowest BCUT2D eigenvalue weighted by Crippen LogP contribution is -2.43. The highest BCUT2D eigenvalue weighted by molar-refractivity contribution is 7.09. The molecule has 11 heteroatoms. The van der Waals surface area contributed by atoms with Gasteiger partial charge in [0.15, 0.2) is 0 Å². The van der Waals surface area contributed by atoms with E-state index >= 15 is 0 Å². The molecule has 0 spiro atoms. The maximum atomic E-state index is 12.2. The van der Waals surface area contributed by atoms with Crippen molar-refractivity contribution in [2.45, 2.75) is 12.7 Å². The Morgan fingerprint density at radius 1 is 1.33 bits per heavy atom. The van der Waals surface area contributed by atoms with Crippen molar-refractivity contribution in [2.75, 3.05) is 32.8 Å². The molecule has 1 amide bonds. The molecule has 4 heterocycles. The van der Waals surface area contributed by atoms with Gasteiger partial charge in [-0.2, -0.15) is 24.5 Å². The van der Waals surface area contributed by atoms with Gasteiger partial charge in [-0.05, 0) is 22.9 Å². The summed E-state index contributed by atoms with van der Waals surface area (Å²) in [7, 11) is 0. The highest BCUT2D eigenvalue weighted by Crippen LogP contribution is 2.41. The Balaban J connectivity index is 0.000000318. The third-order valence-corrected chi connectivity index (χ3v) is 6.72. The average Bonchev–Trinajstić information content (AvgIpc) is 3.44. The van der Waals surface area contributed by atoms with Gasteiger partial charge < -0.3 is 15.2 Å². The highest BCUT2D eigenvalue weighted by Gasteiger charge is 2.50. The summed E-state index contributed by atoms with van der Waals surface area (Å²) in [6.07, 6.45) is -5.08. The van der Waals surface area contributed by atoms with Gasteiger partial charge in [0.25, 0.3) is 5.91 Å². The smallest absolute Gasteiger partial charge is 0.475 e. The van der Waals surface area contributed by atoms with Gasteiger partial charge in [-0.3, -0.25) is 9.69 Å². The monoisotopic (exact) mass is 462 g/mol. The van der Waals surface area contributed by atoms with E-state index in [4.69, 9.17) is 14.6 Å². The molecular formula is C19H21F3N2O4S2. The number of carboxylic acid groups (broad SMARTS) is 1. The number of hydrogen-bond donors (Lipinski definition) is 2. The second-order valence-electron chi connectivity index (χ2n) is 7.32. The first-order valence-electron chi connectivity index (χ1n) is 9.13. The van der Waals surface area contributed by atoms with Crippen molar-refractivity contribution in [3.8, 4) is 0 Å². The lowest BCUT2D eigenvalue weighted by atomic mass is 9.81. The van der Waals surface area contributed by atoms with Crippen LogP contribution in [0.25, 0.3) is 0 Å². The Morgan fingerprint density at radius 3 is 2.70 bits per heavy atom. The average molecular weight is 463 g/mol. The number of thiophene rings is 2. The van der Waals surface area contributed by atoms with E-state index in [1.54, 1.807) is 11.3 Å². The predicted octanol–water partition coefficient (Wildman–Crippen LogP) is 3.32. The Kier molecular flexibility index (Phi) is 7.17. The SMILES string of the molecule is O=C(NC[C@]12COC[C@H]1CN(Cc1cccs1)C2)c1ccsc1.O=C(O)C(F)(F)F. The van der Waals surface area contributed by atoms with Crippen molar-refractivity contribution in [2.24, 2.45) is 11.3 Å². The van der Waals surface area contributed by atoms with Crippen LogP contribution in [0.1, 0.15) is 15.2 Å². The molecule has 0 saturated carbocycles. The first-order valence-corrected chi connectivity index (χ1v) is 10.9. The summed E-state index contributed by atoms with van der Waals surface area (Å²) < 4.78 is 37.5. The maximum absolute atomic E-state index is 12.2. The van der Waals surface area contributed by atoms with E-state index in [0.29, 0.717) is 12.5 Å². The largest absolute Gasteiger partial charge is 0.490 e. The molecule has 2 atom stereocenters. The van der Waals surface area contributed by atoms with Gasteiger partial charge in [0.05, 0.1) is 13.2 Å². The minimum atomic E-state index is -5.08. The number of halogens is 3. The van der Waals surface area contributed by atoms with E-state index < -0.39 is 12.1 Å². The highest BCUT2D eigenvalue weighted by atomic mass is 32.1. The van der Waals surface area contributed by atoms with Gasteiger partial charge in [0, 0.05) is 53.3 Å². The van der Waals surface area contributed by atoms with E-state index in [-0.39, 0.29) is 11.3 Å². The van der Waals surface area contributed by atoms with Crippen LogP contribution in [-0.4, -0.2) is 60.9 Å². The zero-order valence-corrected chi connectivity index (χ0v) is 17.5. The third kappa shape index (κ3) is 5.60. The molecule has 0 bridgehead atoms. The van der Waals surface area contributed by atoms with Crippen LogP contribution in [0, 0.1) is 11.3 Å². The molecular weight excluding hydrogens is 441 g/mol. The van der Waals surface area contributed by atoms with E-state index in [1.165, 1.54) is 4.88 Å². The van der Waals surface area contributed by atoms with Crippen LogP contribution in [0.5, 0.6) is 0 Å². The summed E-state index contributed by atoms with van der Waals surface area (Å²) in [4.78, 5) is 25.0. The number of carbonyl (C=O) groups excluding carboxylic acids is 1. The number of aliphatic carboxylic acids is 1. The van der Waals surface area contributed by atoms with Crippen LogP contribution in [0.4, 0.5) is 13.2 Å². The third-order valence-electron chi connectivity index (χ3n) is 5.18. The fourth-order valence-electron chi connectivity index (χ4n) is 3.69. The van der Waals surface area contributed by atoms with Crippen molar-refractivity contribution in [3.05, 3.63) is 44.8 Å². The van der Waals surface area contributed by atoms with E-state index in [2.05, 4.69) is 27.7 Å². The van der Waals surface area contributed by atoms with Crippen LogP contribution in [0.3, 0.4) is 0 Å². The van der Waals surface area contributed by atoms with Gasteiger partial charge >= 0.3 is 12.1 Å². The number of ether oxygens (including phenoxy) is 1. The molecule has 4 rings (SSSR count). The molecule has 2 saturated heterocycles. The number of likely N-dealkylation sites (tertiary alicyclic amines) is 1. The Labute approximate surface area is 179 Å². The predicted molar refractivity (Wildman–Crippen MR) is 107 cm³/mol. The first-order chi connectivity index (χ1) is 14.2. The van der Waals surface area contributed by atoms with E-state index in [9.17, 15) is 18.0 Å². The van der Waals surface area contributed by atoms with Crippen molar-refractivity contribution in [3.63, 3.8) is 0 Å². The minimum Gasteiger partial charge on any atom is -0.475 e. The number of fused-ring (bicyclic) bond motifs is 1. The summed E-state index contributed by atoms with van der Waals surface area (Å²) in [6.45, 7) is 5.34. The van der Waals surface area contributed by atoms with Gasteiger partial charge in [0.1, 0.15) is 0 Å². The van der Waals surface area contributed by atoms with Crippen LogP contribution in [0.2, 0.25) is 0 Å². The maximum Gasteiger partial charge on any atom is 0.490 e. The van der Waals surface area contributed by atoms with Crippen molar-refractivity contribution < 1.29 is 32.6 Å². The zero-order chi connectivity index (χ0) is 21.8. The molecule has 0 aromatic carbocycles. The van der Waals surface area contributed by atoms with Gasteiger partial charge in [0.2, 0.25) is 0 Å². The molecule has 164 valence electrons. The molecule has 0 aliphatic carbocycles. The van der Waals surface area contributed by atoms with Gasteiger partial charge in [-0.25, -0.2) is 4.79 Å². The quantitative estimate of drug-likeness (QED) is 0.713. The summed E-state index contributed by atoms with van der Waals surface area (Å²) in [5.74, 6) is -2.21. The Bertz CT molecular complexity index is 843. The fourth-order valence-corrected chi connectivity index (χ4v) is 5.07. The zero-order valence-electron chi connectivity index (χ0n) is 15.9. The minimum absolute atomic E-state index is 0.0305. The number of nitrogens with zero attached hydrogens (tertiary/aromatic N) is 1. The number of nitrogens with one attached hydrogen (secondary N) is 1.